The fourth-order valence-electron chi connectivity index (χ4n) is 2.36. The number of carbonyl (C=O) groups is 1. The van der Waals surface area contributed by atoms with Crippen molar-refractivity contribution >= 4 is 23.4 Å². The Bertz CT molecular complexity index is 699. The molecule has 7 heteroatoms. The molecule has 1 N–H and O–H groups in total. The summed E-state index contributed by atoms with van der Waals surface area (Å²) in [6, 6.07) is 6.16. The van der Waals surface area contributed by atoms with Crippen molar-refractivity contribution in [2.45, 2.75) is 43.8 Å². The van der Waals surface area contributed by atoms with E-state index in [1.807, 2.05) is 0 Å². The molecule has 1 saturated carbocycles. The minimum absolute atomic E-state index is 0.201. The topological polar surface area (TPSA) is 59.8 Å². The van der Waals surface area contributed by atoms with Crippen LogP contribution >= 0.6 is 11.8 Å². The first-order valence-electron chi connectivity index (χ1n) is 7.79. The van der Waals surface area contributed by atoms with Crippen LogP contribution in [0.5, 0.6) is 0 Å². The van der Waals surface area contributed by atoms with Gasteiger partial charge in [0.25, 0.3) is 0 Å². The van der Waals surface area contributed by atoms with Gasteiger partial charge in [-0.1, -0.05) is 23.9 Å². The largest absolute Gasteiger partial charge is 0.324 e. The van der Waals surface area contributed by atoms with Crippen molar-refractivity contribution in [2.24, 2.45) is 0 Å². The SMILES string of the molecule is CCn1c(SCCC(=O)Nc2ccccc2F)nnc1C1CC1. The van der Waals surface area contributed by atoms with Crippen LogP contribution in [0.1, 0.15) is 37.9 Å². The van der Waals surface area contributed by atoms with Gasteiger partial charge in [0.1, 0.15) is 11.6 Å². The first kappa shape index (κ1) is 16.0. The van der Waals surface area contributed by atoms with Gasteiger partial charge in [-0.15, -0.1) is 10.2 Å². The zero-order valence-electron chi connectivity index (χ0n) is 13.0. The van der Waals surface area contributed by atoms with Gasteiger partial charge in [-0.3, -0.25) is 4.79 Å². The van der Waals surface area contributed by atoms with Crippen molar-refractivity contribution in [1.29, 1.82) is 0 Å². The summed E-state index contributed by atoms with van der Waals surface area (Å²) in [5, 5.41) is 11.9. The van der Waals surface area contributed by atoms with Crippen LogP contribution in [0.25, 0.3) is 0 Å². The fourth-order valence-corrected chi connectivity index (χ4v) is 3.30. The van der Waals surface area contributed by atoms with Crippen molar-refractivity contribution in [1.82, 2.24) is 14.8 Å². The lowest BCUT2D eigenvalue weighted by molar-refractivity contribution is -0.115. The number of amides is 1. The van der Waals surface area contributed by atoms with Crippen LogP contribution in [0, 0.1) is 5.82 Å². The lowest BCUT2D eigenvalue weighted by Gasteiger charge is -2.07. The number of nitrogens with one attached hydrogen (secondary N) is 1. The first-order chi connectivity index (χ1) is 11.2. The van der Waals surface area contributed by atoms with Gasteiger partial charge in [-0.25, -0.2) is 4.39 Å². The summed E-state index contributed by atoms with van der Waals surface area (Å²) in [5.41, 5.74) is 0.218. The van der Waals surface area contributed by atoms with E-state index in [-0.39, 0.29) is 11.6 Å². The number of aromatic nitrogens is 3. The highest BCUT2D eigenvalue weighted by Gasteiger charge is 2.29. The molecule has 0 bridgehead atoms. The number of nitrogens with zero attached hydrogens (tertiary/aromatic N) is 3. The maximum absolute atomic E-state index is 13.5. The molecule has 1 fully saturated rings. The molecule has 1 aromatic heterocycles. The summed E-state index contributed by atoms with van der Waals surface area (Å²) in [7, 11) is 0. The van der Waals surface area contributed by atoms with Gasteiger partial charge in [0.05, 0.1) is 5.69 Å². The van der Waals surface area contributed by atoms with Crippen molar-refractivity contribution < 1.29 is 9.18 Å². The monoisotopic (exact) mass is 334 g/mol. The molecule has 1 amide bonds. The molecule has 0 atom stereocenters. The summed E-state index contributed by atoms with van der Waals surface area (Å²) in [6.45, 7) is 2.91. The van der Waals surface area contributed by atoms with Crippen molar-refractivity contribution in [3.63, 3.8) is 0 Å². The Hall–Kier alpha value is -1.89. The minimum Gasteiger partial charge on any atom is -0.324 e. The normalized spacial score (nSPS) is 14.0. The summed E-state index contributed by atoms with van der Waals surface area (Å²) < 4.78 is 15.6. The van der Waals surface area contributed by atoms with E-state index >= 15 is 0 Å². The second kappa shape index (κ2) is 7.12. The molecular weight excluding hydrogens is 315 g/mol. The number of halogens is 1. The van der Waals surface area contributed by atoms with E-state index in [2.05, 4.69) is 27.0 Å². The second-order valence-electron chi connectivity index (χ2n) is 5.49. The van der Waals surface area contributed by atoms with Crippen molar-refractivity contribution in [3.05, 3.63) is 35.9 Å². The van der Waals surface area contributed by atoms with E-state index < -0.39 is 5.82 Å². The summed E-state index contributed by atoms with van der Waals surface area (Å²) >= 11 is 1.52. The van der Waals surface area contributed by atoms with Crippen LogP contribution in [0.2, 0.25) is 0 Å². The lowest BCUT2D eigenvalue weighted by Crippen LogP contribution is -2.13. The molecule has 23 heavy (non-hydrogen) atoms. The quantitative estimate of drug-likeness (QED) is 0.788. The van der Waals surface area contributed by atoms with E-state index in [1.54, 1.807) is 18.2 Å². The van der Waals surface area contributed by atoms with E-state index in [0.717, 1.165) is 17.5 Å². The van der Waals surface area contributed by atoms with Crippen LogP contribution in [0.3, 0.4) is 0 Å². The van der Waals surface area contributed by atoms with E-state index in [4.69, 9.17) is 0 Å². The second-order valence-corrected chi connectivity index (χ2v) is 6.55. The maximum atomic E-state index is 13.5. The van der Waals surface area contributed by atoms with Gasteiger partial charge < -0.3 is 9.88 Å². The van der Waals surface area contributed by atoms with Crippen LogP contribution in [-0.2, 0) is 11.3 Å². The summed E-state index contributed by atoms with van der Waals surface area (Å²) in [4.78, 5) is 11.9. The average Bonchev–Trinajstić information content (AvgIpc) is 3.30. The number of hydrogen-bond acceptors (Lipinski definition) is 4. The third-order valence-electron chi connectivity index (χ3n) is 3.71. The Morgan fingerprint density at radius 3 is 2.87 bits per heavy atom. The molecule has 0 unspecified atom stereocenters. The Labute approximate surface area is 138 Å². The Kier molecular flexibility index (Phi) is 4.95. The molecule has 1 aromatic carbocycles. The van der Waals surface area contributed by atoms with Crippen LogP contribution < -0.4 is 5.32 Å². The number of anilines is 1. The molecule has 0 radical (unpaired) electrons. The molecule has 1 aliphatic rings. The average molecular weight is 334 g/mol. The van der Waals surface area contributed by atoms with Crippen LogP contribution in [0.15, 0.2) is 29.4 Å². The third-order valence-corrected chi connectivity index (χ3v) is 4.68. The van der Waals surface area contributed by atoms with Crippen LogP contribution in [0.4, 0.5) is 10.1 Å². The van der Waals surface area contributed by atoms with Crippen LogP contribution in [-0.4, -0.2) is 26.4 Å². The van der Waals surface area contributed by atoms with Gasteiger partial charge >= 0.3 is 0 Å². The number of rotatable bonds is 7. The molecule has 3 rings (SSSR count). The first-order valence-corrected chi connectivity index (χ1v) is 8.78. The van der Waals surface area contributed by atoms with Gasteiger partial charge in [0, 0.05) is 24.6 Å². The molecule has 122 valence electrons. The van der Waals surface area contributed by atoms with Crippen molar-refractivity contribution in [3.8, 4) is 0 Å². The zero-order chi connectivity index (χ0) is 16.2. The molecule has 0 spiro atoms. The van der Waals surface area contributed by atoms with E-state index in [9.17, 15) is 9.18 Å². The lowest BCUT2D eigenvalue weighted by atomic mass is 10.3. The minimum atomic E-state index is -0.423. The predicted molar refractivity (Wildman–Crippen MR) is 88.0 cm³/mol. The fraction of sp³-hybridized carbons (Fsp3) is 0.438. The summed E-state index contributed by atoms with van der Waals surface area (Å²) in [5.74, 6) is 1.58. The molecular formula is C16H19FN4OS. The standard InChI is InChI=1S/C16H19FN4OS/c1-2-21-15(11-7-8-11)19-20-16(21)23-10-9-14(22)18-13-6-4-3-5-12(13)17/h3-6,11H,2,7-10H2,1H3,(H,18,22). The number of benzene rings is 1. The zero-order valence-corrected chi connectivity index (χ0v) is 13.8. The number of carbonyl (C=O) groups excluding carboxylic acids is 1. The maximum Gasteiger partial charge on any atom is 0.225 e. The smallest absolute Gasteiger partial charge is 0.225 e. The third kappa shape index (κ3) is 3.90. The highest BCUT2D eigenvalue weighted by Crippen LogP contribution is 2.40. The molecule has 0 aliphatic heterocycles. The van der Waals surface area contributed by atoms with Gasteiger partial charge in [0.2, 0.25) is 5.91 Å². The van der Waals surface area contributed by atoms with Gasteiger partial charge in [-0.2, -0.15) is 0 Å². The number of hydrogen-bond donors (Lipinski definition) is 1. The Morgan fingerprint density at radius 2 is 2.17 bits per heavy atom. The highest BCUT2D eigenvalue weighted by molar-refractivity contribution is 7.99. The van der Waals surface area contributed by atoms with E-state index in [1.165, 1.54) is 30.7 Å². The van der Waals surface area contributed by atoms with E-state index in [0.29, 0.717) is 18.1 Å². The highest BCUT2D eigenvalue weighted by atomic mass is 32.2. The number of para-hydroxylation sites is 1. The Morgan fingerprint density at radius 1 is 1.39 bits per heavy atom. The van der Waals surface area contributed by atoms with Gasteiger partial charge in [-0.05, 0) is 31.9 Å². The number of thioether (sulfide) groups is 1. The molecule has 1 heterocycles. The van der Waals surface area contributed by atoms with Crippen molar-refractivity contribution in [2.75, 3.05) is 11.1 Å². The molecule has 1 aliphatic carbocycles. The van der Waals surface area contributed by atoms with Gasteiger partial charge in [0.15, 0.2) is 5.16 Å². The molecule has 0 saturated heterocycles. The molecule has 2 aromatic rings. The molecule has 5 nitrogen and oxygen atoms in total. The Balaban J connectivity index is 1.51. The summed E-state index contributed by atoms with van der Waals surface area (Å²) in [6.07, 6.45) is 2.68. The predicted octanol–water partition coefficient (Wildman–Crippen LogP) is 3.44.